The zero-order valence-corrected chi connectivity index (χ0v) is 9.98. The van der Waals surface area contributed by atoms with Crippen molar-refractivity contribution >= 4 is 11.7 Å². The van der Waals surface area contributed by atoms with Gasteiger partial charge in [-0.3, -0.25) is 0 Å². The molecular weight excluding hydrogens is 273 g/mol. The van der Waals surface area contributed by atoms with Gasteiger partial charge in [-0.05, 0) is 24.3 Å². The van der Waals surface area contributed by atoms with E-state index >= 15 is 0 Å². The number of carboxylic acid groups (broad SMARTS) is 1. The number of nitrogens with zero attached hydrogens (tertiary/aromatic N) is 1. The van der Waals surface area contributed by atoms with Gasteiger partial charge >= 0.3 is 12.1 Å². The van der Waals surface area contributed by atoms with E-state index in [1.165, 1.54) is 24.3 Å². The van der Waals surface area contributed by atoms with Crippen molar-refractivity contribution in [1.29, 1.82) is 0 Å². The van der Waals surface area contributed by atoms with Gasteiger partial charge in [0.25, 0.3) is 0 Å². The second-order valence-electron chi connectivity index (χ2n) is 4.02. The van der Waals surface area contributed by atoms with Gasteiger partial charge in [-0.25, -0.2) is 9.78 Å². The first-order valence-electron chi connectivity index (χ1n) is 5.46. The van der Waals surface area contributed by atoms with Crippen LogP contribution in [0.25, 0.3) is 11.3 Å². The molecule has 0 amide bonds. The highest BCUT2D eigenvalue weighted by molar-refractivity contribution is 5.87. The molecule has 0 saturated heterocycles. The normalized spacial score (nSPS) is 11.3. The first-order chi connectivity index (χ1) is 9.29. The molecule has 7 heteroatoms. The molecule has 1 aromatic heterocycles. The summed E-state index contributed by atoms with van der Waals surface area (Å²) in [6.07, 6.45) is -4.49. The Labute approximate surface area is 111 Å². The van der Waals surface area contributed by atoms with Gasteiger partial charge < -0.3 is 10.8 Å². The highest BCUT2D eigenvalue weighted by atomic mass is 19.4. The number of benzene rings is 1. The Morgan fingerprint density at radius 1 is 1.20 bits per heavy atom. The zero-order chi connectivity index (χ0) is 14.9. The molecule has 2 rings (SSSR count). The van der Waals surface area contributed by atoms with Crippen molar-refractivity contribution in [3.05, 3.63) is 47.7 Å². The number of hydrogen-bond acceptors (Lipinski definition) is 3. The number of halogens is 3. The number of nitrogen functional groups attached to an aromatic ring is 1. The minimum Gasteiger partial charge on any atom is -0.477 e. The maximum Gasteiger partial charge on any atom is 0.416 e. The second kappa shape index (κ2) is 4.84. The van der Waals surface area contributed by atoms with Crippen molar-refractivity contribution in [1.82, 2.24) is 4.98 Å². The molecule has 0 unspecified atom stereocenters. The van der Waals surface area contributed by atoms with Crippen LogP contribution in [-0.4, -0.2) is 16.1 Å². The molecule has 2 aromatic rings. The van der Waals surface area contributed by atoms with E-state index in [2.05, 4.69) is 4.98 Å². The van der Waals surface area contributed by atoms with Crippen LogP contribution in [0.1, 0.15) is 16.1 Å². The minimum absolute atomic E-state index is 0.0102. The lowest BCUT2D eigenvalue weighted by molar-refractivity contribution is -0.137. The van der Waals surface area contributed by atoms with Crippen molar-refractivity contribution < 1.29 is 23.1 Å². The van der Waals surface area contributed by atoms with E-state index in [0.717, 1.165) is 12.1 Å². The molecule has 0 aliphatic carbocycles. The summed E-state index contributed by atoms with van der Waals surface area (Å²) in [7, 11) is 0. The standard InChI is InChI=1S/C13H9F3N2O2/c14-13(15,16)8-3-1-2-7(6-8)11-9(17)4-5-10(18-11)12(19)20/h1-6H,17H2,(H,19,20). The topological polar surface area (TPSA) is 76.2 Å². The van der Waals surface area contributed by atoms with Crippen LogP contribution in [0.5, 0.6) is 0 Å². The lowest BCUT2D eigenvalue weighted by Crippen LogP contribution is -2.06. The van der Waals surface area contributed by atoms with E-state index in [-0.39, 0.29) is 22.6 Å². The molecule has 0 spiro atoms. The summed E-state index contributed by atoms with van der Waals surface area (Å²) in [4.78, 5) is 14.6. The SMILES string of the molecule is Nc1ccc(C(=O)O)nc1-c1cccc(C(F)(F)F)c1. The molecular formula is C13H9F3N2O2. The number of hydrogen-bond donors (Lipinski definition) is 2. The average Bonchev–Trinajstić information content (AvgIpc) is 2.38. The molecule has 1 aromatic carbocycles. The number of carboxylic acids is 1. The fourth-order valence-electron chi connectivity index (χ4n) is 1.66. The molecule has 0 fully saturated rings. The van der Waals surface area contributed by atoms with E-state index in [9.17, 15) is 18.0 Å². The number of carbonyl (C=O) groups is 1. The number of rotatable bonds is 2. The maximum atomic E-state index is 12.6. The van der Waals surface area contributed by atoms with E-state index in [4.69, 9.17) is 10.8 Å². The van der Waals surface area contributed by atoms with Gasteiger partial charge in [-0.1, -0.05) is 12.1 Å². The van der Waals surface area contributed by atoms with Gasteiger partial charge in [-0.2, -0.15) is 13.2 Å². The first-order valence-corrected chi connectivity index (χ1v) is 5.46. The monoisotopic (exact) mass is 282 g/mol. The third-order valence-electron chi connectivity index (χ3n) is 2.61. The van der Waals surface area contributed by atoms with Crippen molar-refractivity contribution in [3.8, 4) is 11.3 Å². The van der Waals surface area contributed by atoms with Crippen LogP contribution < -0.4 is 5.73 Å². The molecule has 4 nitrogen and oxygen atoms in total. The Kier molecular flexibility index (Phi) is 3.35. The highest BCUT2D eigenvalue weighted by Gasteiger charge is 2.30. The molecule has 3 N–H and O–H groups in total. The van der Waals surface area contributed by atoms with Crippen LogP contribution in [0.15, 0.2) is 36.4 Å². The van der Waals surface area contributed by atoms with Crippen LogP contribution >= 0.6 is 0 Å². The summed E-state index contributed by atoms with van der Waals surface area (Å²) in [5, 5.41) is 8.85. The lowest BCUT2D eigenvalue weighted by Gasteiger charge is -2.10. The number of alkyl halides is 3. The second-order valence-corrected chi connectivity index (χ2v) is 4.02. The summed E-state index contributed by atoms with van der Waals surface area (Å²) >= 11 is 0. The van der Waals surface area contributed by atoms with Crippen LogP contribution in [0.3, 0.4) is 0 Å². The van der Waals surface area contributed by atoms with Crippen molar-refractivity contribution in [2.45, 2.75) is 6.18 Å². The predicted molar refractivity (Wildman–Crippen MR) is 66.0 cm³/mol. The van der Waals surface area contributed by atoms with Crippen LogP contribution in [0.4, 0.5) is 18.9 Å². The summed E-state index contributed by atoms with van der Waals surface area (Å²) < 4.78 is 37.9. The van der Waals surface area contributed by atoms with E-state index in [0.29, 0.717) is 0 Å². The van der Waals surface area contributed by atoms with Gasteiger partial charge in [-0.15, -0.1) is 0 Å². The van der Waals surface area contributed by atoms with E-state index < -0.39 is 17.7 Å². The quantitative estimate of drug-likeness (QED) is 0.887. The maximum absolute atomic E-state index is 12.6. The summed E-state index contributed by atoms with van der Waals surface area (Å²) in [6.45, 7) is 0. The first kappa shape index (κ1) is 13.9. The van der Waals surface area contributed by atoms with Gasteiger partial charge in [0.1, 0.15) is 5.69 Å². The van der Waals surface area contributed by atoms with E-state index in [1.807, 2.05) is 0 Å². The van der Waals surface area contributed by atoms with Crippen molar-refractivity contribution in [2.24, 2.45) is 0 Å². The van der Waals surface area contributed by atoms with E-state index in [1.54, 1.807) is 0 Å². The smallest absolute Gasteiger partial charge is 0.416 e. The predicted octanol–water partition coefficient (Wildman–Crippen LogP) is 3.05. The Hall–Kier alpha value is -2.57. The molecule has 0 saturated carbocycles. The Morgan fingerprint density at radius 2 is 1.90 bits per heavy atom. The molecule has 0 aliphatic heterocycles. The van der Waals surface area contributed by atoms with Crippen LogP contribution in [0, 0.1) is 0 Å². The molecule has 20 heavy (non-hydrogen) atoms. The number of anilines is 1. The Balaban J connectivity index is 2.57. The van der Waals surface area contributed by atoms with Gasteiger partial charge in [0.2, 0.25) is 0 Å². The molecule has 0 atom stereocenters. The van der Waals surface area contributed by atoms with Gasteiger partial charge in [0, 0.05) is 5.56 Å². The number of aromatic carboxylic acids is 1. The zero-order valence-electron chi connectivity index (χ0n) is 9.98. The Morgan fingerprint density at radius 3 is 2.50 bits per heavy atom. The fourth-order valence-corrected chi connectivity index (χ4v) is 1.66. The number of pyridine rings is 1. The lowest BCUT2D eigenvalue weighted by atomic mass is 10.1. The third-order valence-corrected chi connectivity index (χ3v) is 2.61. The Bertz CT molecular complexity index is 669. The summed E-state index contributed by atoms with van der Waals surface area (Å²) in [5.41, 5.74) is 4.74. The van der Waals surface area contributed by atoms with Crippen LogP contribution in [0.2, 0.25) is 0 Å². The number of nitrogens with two attached hydrogens (primary N) is 1. The van der Waals surface area contributed by atoms with Crippen molar-refractivity contribution in [3.63, 3.8) is 0 Å². The largest absolute Gasteiger partial charge is 0.477 e. The third kappa shape index (κ3) is 2.71. The number of aromatic nitrogens is 1. The summed E-state index contributed by atoms with van der Waals surface area (Å²) in [6, 6.07) is 6.89. The average molecular weight is 282 g/mol. The van der Waals surface area contributed by atoms with Crippen LogP contribution in [-0.2, 0) is 6.18 Å². The molecule has 1 heterocycles. The molecule has 104 valence electrons. The highest BCUT2D eigenvalue weighted by Crippen LogP contribution is 2.33. The van der Waals surface area contributed by atoms with Gasteiger partial charge in [0.05, 0.1) is 16.9 Å². The fraction of sp³-hybridized carbons (Fsp3) is 0.0769. The molecule has 0 bridgehead atoms. The van der Waals surface area contributed by atoms with Crippen molar-refractivity contribution in [2.75, 3.05) is 5.73 Å². The van der Waals surface area contributed by atoms with Gasteiger partial charge in [0.15, 0.2) is 0 Å². The minimum atomic E-state index is -4.49. The molecule has 0 aliphatic rings. The molecule has 0 radical (unpaired) electrons. The summed E-state index contributed by atoms with van der Waals surface area (Å²) in [5.74, 6) is -1.28.